The second-order valence-corrected chi connectivity index (χ2v) is 7.83. The zero-order valence-corrected chi connectivity index (χ0v) is 19.3. The van der Waals surface area contributed by atoms with E-state index in [2.05, 4.69) is 5.32 Å². The van der Waals surface area contributed by atoms with E-state index in [1.165, 1.54) is 0 Å². The summed E-state index contributed by atoms with van der Waals surface area (Å²) < 4.78 is 16.6. The van der Waals surface area contributed by atoms with Gasteiger partial charge in [0.2, 0.25) is 5.91 Å². The van der Waals surface area contributed by atoms with Crippen LogP contribution in [0.15, 0.2) is 47.1 Å². The Morgan fingerprint density at radius 2 is 2.00 bits per heavy atom. The third kappa shape index (κ3) is 5.62. The Bertz CT molecular complexity index is 1100. The fraction of sp³-hybridized carbons (Fsp3) is 0.292. The van der Waals surface area contributed by atoms with Crippen LogP contribution in [-0.4, -0.2) is 32.8 Å². The lowest BCUT2D eigenvalue weighted by Gasteiger charge is -2.10. The maximum Gasteiger partial charge on any atom is 0.244 e. The summed E-state index contributed by atoms with van der Waals surface area (Å²) >= 11 is 12.4. The maximum atomic E-state index is 12.3. The zero-order valence-electron chi connectivity index (χ0n) is 17.8. The van der Waals surface area contributed by atoms with Gasteiger partial charge in [0.25, 0.3) is 0 Å². The fourth-order valence-electron chi connectivity index (χ4n) is 3.30. The molecule has 0 aliphatic carbocycles. The average molecular weight is 462 g/mol. The van der Waals surface area contributed by atoms with Gasteiger partial charge in [-0.05, 0) is 44.0 Å². The van der Waals surface area contributed by atoms with Gasteiger partial charge in [0.05, 0.1) is 18.4 Å². The number of benzene rings is 2. The molecule has 0 saturated carbocycles. The lowest BCUT2D eigenvalue weighted by Crippen LogP contribution is -2.23. The van der Waals surface area contributed by atoms with Crippen molar-refractivity contribution < 1.29 is 18.7 Å². The molecule has 0 radical (unpaired) electrons. The van der Waals surface area contributed by atoms with Crippen LogP contribution in [0, 0.1) is 0 Å². The van der Waals surface area contributed by atoms with Gasteiger partial charge in [-0.25, -0.2) is 0 Å². The van der Waals surface area contributed by atoms with Crippen LogP contribution < -0.4 is 10.1 Å². The summed E-state index contributed by atoms with van der Waals surface area (Å²) in [5.74, 6) is 0.456. The molecule has 3 rings (SSSR count). The highest BCUT2D eigenvalue weighted by Crippen LogP contribution is 2.40. The number of ether oxygens (including phenoxy) is 2. The summed E-state index contributed by atoms with van der Waals surface area (Å²) in [6.07, 6.45) is 3.99. The molecule has 3 aromatic rings. The molecule has 0 saturated heterocycles. The molecule has 5 nitrogen and oxygen atoms in total. The fourth-order valence-corrected chi connectivity index (χ4v) is 3.81. The van der Waals surface area contributed by atoms with E-state index in [1.54, 1.807) is 31.6 Å². The van der Waals surface area contributed by atoms with E-state index in [9.17, 15) is 4.79 Å². The molecule has 1 heterocycles. The smallest absolute Gasteiger partial charge is 0.244 e. The summed E-state index contributed by atoms with van der Waals surface area (Å²) in [6.45, 7) is 5.67. The monoisotopic (exact) mass is 461 g/mol. The van der Waals surface area contributed by atoms with Crippen LogP contribution in [0.25, 0.3) is 27.7 Å². The number of carbonyl (C=O) groups excluding carboxylic acids is 1. The summed E-state index contributed by atoms with van der Waals surface area (Å²) in [6, 6.07) is 9.11. The first-order valence-corrected chi connectivity index (χ1v) is 10.8. The van der Waals surface area contributed by atoms with Crippen molar-refractivity contribution in [3.8, 4) is 16.9 Å². The number of carbonyl (C=O) groups is 1. The van der Waals surface area contributed by atoms with Gasteiger partial charge in [0.1, 0.15) is 11.3 Å². The minimum Gasteiger partial charge on any atom is -0.496 e. The predicted octanol–water partition coefficient (Wildman–Crippen LogP) is 6.36. The molecule has 164 valence electrons. The normalized spacial score (nSPS) is 11.7. The third-order valence-electron chi connectivity index (χ3n) is 4.86. The molecule has 0 aliphatic rings. The SMILES string of the molecule is CCOCCCNC(=O)/C=C(\C)c1cc2c(-c3ccc(Cl)cc3Cl)coc2cc1OC. The van der Waals surface area contributed by atoms with Crippen molar-refractivity contribution in [1.82, 2.24) is 5.32 Å². The standard InChI is InChI=1S/C24H25Cl2NO4/c1-4-30-9-5-8-27-24(28)10-15(2)18-12-19-20(14-31-23(19)13-22(18)29-3)17-7-6-16(25)11-21(17)26/h6-7,10-14H,4-5,8-9H2,1-3H3,(H,27,28)/b15-10+. The Labute approximate surface area is 191 Å². The molecule has 0 fully saturated rings. The van der Waals surface area contributed by atoms with E-state index in [-0.39, 0.29) is 5.91 Å². The number of hydrogen-bond donors (Lipinski definition) is 1. The van der Waals surface area contributed by atoms with Crippen LogP contribution in [0.2, 0.25) is 10.0 Å². The zero-order chi connectivity index (χ0) is 22.4. The summed E-state index contributed by atoms with van der Waals surface area (Å²) in [4.78, 5) is 12.3. The van der Waals surface area contributed by atoms with Crippen LogP contribution >= 0.6 is 23.2 Å². The number of halogens is 2. The number of amides is 1. The van der Waals surface area contributed by atoms with E-state index in [0.29, 0.717) is 41.1 Å². The highest BCUT2D eigenvalue weighted by molar-refractivity contribution is 6.36. The Hall–Kier alpha value is -2.47. The van der Waals surface area contributed by atoms with Gasteiger partial charge in [0, 0.05) is 59.0 Å². The minimum absolute atomic E-state index is 0.163. The van der Waals surface area contributed by atoms with E-state index in [0.717, 1.165) is 34.1 Å². The van der Waals surface area contributed by atoms with Gasteiger partial charge in [0.15, 0.2) is 0 Å². The number of furan rings is 1. The summed E-state index contributed by atoms with van der Waals surface area (Å²) in [5.41, 5.74) is 3.89. The second kappa shape index (κ2) is 10.7. The number of methoxy groups -OCH3 is 1. The first kappa shape index (κ1) is 23.2. The van der Waals surface area contributed by atoms with Gasteiger partial charge >= 0.3 is 0 Å². The minimum atomic E-state index is -0.163. The van der Waals surface area contributed by atoms with E-state index >= 15 is 0 Å². The predicted molar refractivity (Wildman–Crippen MR) is 126 cm³/mol. The Morgan fingerprint density at radius 3 is 2.71 bits per heavy atom. The molecule has 2 aromatic carbocycles. The number of rotatable bonds is 9. The lowest BCUT2D eigenvalue weighted by molar-refractivity contribution is -0.116. The van der Waals surface area contributed by atoms with Crippen LogP contribution in [0.3, 0.4) is 0 Å². The molecule has 0 unspecified atom stereocenters. The largest absolute Gasteiger partial charge is 0.496 e. The molecular formula is C24H25Cl2NO4. The van der Waals surface area contributed by atoms with Gasteiger partial charge in [-0.15, -0.1) is 0 Å². The van der Waals surface area contributed by atoms with Crippen molar-refractivity contribution in [2.45, 2.75) is 20.3 Å². The topological polar surface area (TPSA) is 60.7 Å². The molecular weight excluding hydrogens is 437 g/mol. The number of allylic oxidation sites excluding steroid dienone is 1. The van der Waals surface area contributed by atoms with E-state index in [1.807, 2.05) is 32.0 Å². The quantitative estimate of drug-likeness (QED) is 0.297. The first-order valence-electron chi connectivity index (χ1n) is 10.0. The van der Waals surface area contributed by atoms with Crippen molar-refractivity contribution in [1.29, 1.82) is 0 Å². The molecule has 1 amide bonds. The highest BCUT2D eigenvalue weighted by Gasteiger charge is 2.16. The molecule has 0 aliphatic heterocycles. The number of fused-ring (bicyclic) bond motifs is 1. The molecule has 0 atom stereocenters. The van der Waals surface area contributed by atoms with Gasteiger partial charge in [-0.2, -0.15) is 0 Å². The summed E-state index contributed by atoms with van der Waals surface area (Å²) in [5, 5.41) is 4.84. The average Bonchev–Trinajstić information content (AvgIpc) is 3.15. The molecule has 0 spiro atoms. The Morgan fingerprint density at radius 1 is 1.19 bits per heavy atom. The second-order valence-electron chi connectivity index (χ2n) is 6.99. The molecule has 7 heteroatoms. The molecule has 0 bridgehead atoms. The van der Waals surface area contributed by atoms with Crippen LogP contribution in [0.1, 0.15) is 25.8 Å². The van der Waals surface area contributed by atoms with Crippen LogP contribution in [-0.2, 0) is 9.53 Å². The Balaban J connectivity index is 1.91. The highest BCUT2D eigenvalue weighted by atomic mass is 35.5. The van der Waals surface area contributed by atoms with Gasteiger partial charge in [-0.3, -0.25) is 4.79 Å². The molecule has 31 heavy (non-hydrogen) atoms. The van der Waals surface area contributed by atoms with Crippen LogP contribution in [0.5, 0.6) is 5.75 Å². The first-order chi connectivity index (χ1) is 14.9. The molecule has 1 aromatic heterocycles. The Kier molecular flexibility index (Phi) is 8.02. The summed E-state index contributed by atoms with van der Waals surface area (Å²) in [7, 11) is 1.59. The lowest BCUT2D eigenvalue weighted by atomic mass is 9.99. The van der Waals surface area contributed by atoms with Gasteiger partial charge in [-0.1, -0.05) is 29.3 Å². The van der Waals surface area contributed by atoms with Crippen molar-refractivity contribution in [2.75, 3.05) is 26.9 Å². The van der Waals surface area contributed by atoms with Crippen LogP contribution in [0.4, 0.5) is 0 Å². The van der Waals surface area contributed by atoms with Crippen molar-refractivity contribution in [3.63, 3.8) is 0 Å². The van der Waals surface area contributed by atoms with Crippen molar-refractivity contribution >= 4 is 45.7 Å². The number of nitrogens with one attached hydrogen (secondary N) is 1. The van der Waals surface area contributed by atoms with E-state index in [4.69, 9.17) is 37.1 Å². The third-order valence-corrected chi connectivity index (χ3v) is 5.41. The number of hydrogen-bond acceptors (Lipinski definition) is 4. The maximum absolute atomic E-state index is 12.3. The van der Waals surface area contributed by atoms with E-state index < -0.39 is 0 Å². The van der Waals surface area contributed by atoms with Gasteiger partial charge < -0.3 is 19.2 Å². The van der Waals surface area contributed by atoms with Crippen molar-refractivity contribution in [2.24, 2.45) is 0 Å². The molecule has 1 N–H and O–H groups in total. The van der Waals surface area contributed by atoms with Crippen molar-refractivity contribution in [3.05, 3.63) is 58.3 Å².